The Morgan fingerprint density at radius 1 is 1.25 bits per heavy atom. The van der Waals surface area contributed by atoms with E-state index in [2.05, 4.69) is 10.2 Å². The topological polar surface area (TPSA) is 51.8 Å². The predicted molar refractivity (Wildman–Crippen MR) is 54.7 cm³/mol. The van der Waals surface area contributed by atoms with Crippen LogP contribution in [0, 0.1) is 0 Å². The van der Waals surface area contributed by atoms with E-state index in [1.54, 1.807) is 0 Å². The molecule has 1 heterocycles. The van der Waals surface area contributed by atoms with Gasteiger partial charge in [-0.05, 0) is 24.5 Å². The van der Waals surface area contributed by atoms with Crippen LogP contribution in [0.5, 0.6) is 0 Å². The number of rotatable bonds is 4. The van der Waals surface area contributed by atoms with Crippen molar-refractivity contribution in [3.05, 3.63) is 17.3 Å². The Morgan fingerprint density at radius 2 is 1.94 bits per heavy atom. The van der Waals surface area contributed by atoms with E-state index in [4.69, 9.17) is 5.73 Å². The van der Waals surface area contributed by atoms with Crippen LogP contribution in [0.1, 0.15) is 37.4 Å². The van der Waals surface area contributed by atoms with E-state index in [-0.39, 0.29) is 5.82 Å². The molecule has 0 saturated carbocycles. The molecule has 0 saturated heterocycles. The summed E-state index contributed by atoms with van der Waals surface area (Å²) in [5.74, 6) is 0.0871. The summed E-state index contributed by atoms with van der Waals surface area (Å²) in [4.78, 5) is 0. The fourth-order valence-corrected chi connectivity index (χ4v) is 1.34. The molecular formula is C10H14F3N3. The Morgan fingerprint density at radius 3 is 2.50 bits per heavy atom. The first-order chi connectivity index (χ1) is 7.45. The van der Waals surface area contributed by atoms with Gasteiger partial charge in [0.05, 0.1) is 0 Å². The number of nitrogen functional groups attached to an aromatic ring is 1. The molecule has 2 N–H and O–H groups in total. The highest BCUT2D eigenvalue weighted by atomic mass is 19.4. The van der Waals surface area contributed by atoms with E-state index in [1.165, 1.54) is 0 Å². The molecule has 90 valence electrons. The van der Waals surface area contributed by atoms with Crippen LogP contribution in [0.3, 0.4) is 0 Å². The second-order valence-corrected chi connectivity index (χ2v) is 3.59. The van der Waals surface area contributed by atoms with Crippen molar-refractivity contribution in [3.63, 3.8) is 0 Å². The molecule has 0 radical (unpaired) electrons. The first kappa shape index (κ1) is 12.7. The summed E-state index contributed by atoms with van der Waals surface area (Å²) >= 11 is 0. The van der Waals surface area contributed by atoms with Crippen LogP contribution in [0.25, 0.3) is 0 Å². The molecule has 0 spiro atoms. The molecule has 0 aliphatic heterocycles. The fourth-order valence-electron chi connectivity index (χ4n) is 1.34. The molecule has 0 aliphatic rings. The van der Waals surface area contributed by atoms with Gasteiger partial charge in [-0.15, -0.1) is 10.2 Å². The molecule has 1 aromatic heterocycles. The molecule has 0 aromatic carbocycles. The summed E-state index contributed by atoms with van der Waals surface area (Å²) < 4.78 is 37.0. The quantitative estimate of drug-likeness (QED) is 0.813. The van der Waals surface area contributed by atoms with Gasteiger partial charge in [0.25, 0.3) is 0 Å². The molecule has 1 rings (SSSR count). The van der Waals surface area contributed by atoms with Gasteiger partial charge in [0.2, 0.25) is 0 Å². The molecular weight excluding hydrogens is 219 g/mol. The third-order valence-electron chi connectivity index (χ3n) is 2.25. The summed E-state index contributed by atoms with van der Waals surface area (Å²) in [6, 6.07) is 0.984. The summed E-state index contributed by atoms with van der Waals surface area (Å²) in [6.45, 7) is 2.02. The predicted octanol–water partition coefficient (Wildman–Crippen LogP) is 2.81. The Labute approximate surface area is 91.9 Å². The summed E-state index contributed by atoms with van der Waals surface area (Å²) in [5, 5.41) is 6.37. The largest absolute Gasteiger partial charge is 0.435 e. The Kier molecular flexibility index (Phi) is 4.09. The van der Waals surface area contributed by atoms with Crippen molar-refractivity contribution in [3.8, 4) is 0 Å². The van der Waals surface area contributed by atoms with Crippen LogP contribution in [0.2, 0.25) is 0 Å². The molecule has 0 amide bonds. The third-order valence-corrected chi connectivity index (χ3v) is 2.25. The van der Waals surface area contributed by atoms with Crippen LogP contribution in [0.4, 0.5) is 19.0 Å². The fraction of sp³-hybridized carbons (Fsp3) is 0.600. The number of unbranched alkanes of at least 4 members (excludes halogenated alkanes) is 2. The van der Waals surface area contributed by atoms with Crippen molar-refractivity contribution < 1.29 is 13.2 Å². The van der Waals surface area contributed by atoms with Crippen LogP contribution < -0.4 is 5.73 Å². The average molecular weight is 233 g/mol. The van der Waals surface area contributed by atoms with Crippen molar-refractivity contribution in [1.29, 1.82) is 0 Å². The SMILES string of the molecule is CCCCCc1cc(C(F)(F)F)nnc1N. The Hall–Kier alpha value is -1.33. The van der Waals surface area contributed by atoms with Gasteiger partial charge in [0.15, 0.2) is 5.69 Å². The van der Waals surface area contributed by atoms with Crippen molar-refractivity contribution in [2.75, 3.05) is 5.73 Å². The van der Waals surface area contributed by atoms with Gasteiger partial charge in [0.1, 0.15) is 5.82 Å². The monoisotopic (exact) mass is 233 g/mol. The zero-order valence-corrected chi connectivity index (χ0v) is 9.01. The normalized spacial score (nSPS) is 11.8. The highest BCUT2D eigenvalue weighted by Crippen LogP contribution is 2.28. The van der Waals surface area contributed by atoms with Gasteiger partial charge in [-0.1, -0.05) is 19.8 Å². The van der Waals surface area contributed by atoms with Crippen molar-refractivity contribution >= 4 is 5.82 Å². The minimum Gasteiger partial charge on any atom is -0.382 e. The van der Waals surface area contributed by atoms with E-state index in [1.807, 2.05) is 6.92 Å². The maximum absolute atomic E-state index is 12.3. The first-order valence-corrected chi connectivity index (χ1v) is 5.14. The van der Waals surface area contributed by atoms with E-state index in [0.717, 1.165) is 25.3 Å². The molecule has 0 aliphatic carbocycles. The summed E-state index contributed by atoms with van der Waals surface area (Å²) in [5.41, 5.74) is 4.92. The number of aryl methyl sites for hydroxylation is 1. The number of aromatic nitrogens is 2. The first-order valence-electron chi connectivity index (χ1n) is 5.14. The second-order valence-electron chi connectivity index (χ2n) is 3.59. The molecule has 6 heteroatoms. The lowest BCUT2D eigenvalue weighted by Crippen LogP contribution is -2.12. The van der Waals surface area contributed by atoms with Gasteiger partial charge < -0.3 is 5.73 Å². The smallest absolute Gasteiger partial charge is 0.382 e. The van der Waals surface area contributed by atoms with E-state index < -0.39 is 11.9 Å². The second kappa shape index (κ2) is 5.14. The van der Waals surface area contributed by atoms with Crippen molar-refractivity contribution in [2.45, 2.75) is 38.8 Å². The van der Waals surface area contributed by atoms with Gasteiger partial charge in [-0.25, -0.2) is 0 Å². The average Bonchev–Trinajstić information content (AvgIpc) is 2.19. The summed E-state index contributed by atoms with van der Waals surface area (Å²) in [7, 11) is 0. The number of anilines is 1. The molecule has 0 unspecified atom stereocenters. The zero-order chi connectivity index (χ0) is 12.2. The van der Waals surface area contributed by atoms with Gasteiger partial charge in [-0.2, -0.15) is 13.2 Å². The van der Waals surface area contributed by atoms with Crippen LogP contribution in [0.15, 0.2) is 6.07 Å². The maximum atomic E-state index is 12.3. The lowest BCUT2D eigenvalue weighted by molar-refractivity contribution is -0.141. The lowest BCUT2D eigenvalue weighted by atomic mass is 10.1. The zero-order valence-electron chi connectivity index (χ0n) is 9.01. The van der Waals surface area contributed by atoms with Crippen molar-refractivity contribution in [2.24, 2.45) is 0 Å². The lowest BCUT2D eigenvalue weighted by Gasteiger charge is -2.08. The molecule has 16 heavy (non-hydrogen) atoms. The number of nitrogens with zero attached hydrogens (tertiary/aromatic N) is 2. The highest BCUT2D eigenvalue weighted by molar-refractivity contribution is 5.39. The third kappa shape index (κ3) is 3.36. The van der Waals surface area contributed by atoms with E-state index in [9.17, 15) is 13.2 Å². The molecule has 0 atom stereocenters. The summed E-state index contributed by atoms with van der Waals surface area (Å²) in [6.07, 6.45) is -1.17. The molecule has 0 bridgehead atoms. The Balaban J connectivity index is 2.83. The Bertz CT molecular complexity index is 350. The number of halogens is 3. The van der Waals surface area contributed by atoms with Gasteiger partial charge in [0, 0.05) is 0 Å². The van der Waals surface area contributed by atoms with Gasteiger partial charge >= 0.3 is 6.18 Å². The van der Waals surface area contributed by atoms with E-state index >= 15 is 0 Å². The number of hydrogen-bond donors (Lipinski definition) is 1. The molecule has 3 nitrogen and oxygen atoms in total. The minimum atomic E-state index is -4.46. The van der Waals surface area contributed by atoms with Crippen LogP contribution in [-0.4, -0.2) is 10.2 Å². The highest BCUT2D eigenvalue weighted by Gasteiger charge is 2.33. The van der Waals surface area contributed by atoms with Crippen LogP contribution in [-0.2, 0) is 12.6 Å². The van der Waals surface area contributed by atoms with Gasteiger partial charge in [-0.3, -0.25) is 0 Å². The van der Waals surface area contributed by atoms with Crippen molar-refractivity contribution in [1.82, 2.24) is 10.2 Å². The number of hydrogen-bond acceptors (Lipinski definition) is 3. The number of alkyl halides is 3. The number of nitrogens with two attached hydrogens (primary N) is 1. The molecule has 1 aromatic rings. The maximum Gasteiger partial charge on any atom is 0.435 e. The van der Waals surface area contributed by atoms with E-state index in [0.29, 0.717) is 12.0 Å². The standard InChI is InChI=1S/C10H14F3N3/c1-2-3-4-5-7-6-8(10(11,12)13)15-16-9(7)14/h6H,2-5H2,1H3,(H2,14,16). The minimum absolute atomic E-state index is 0.0871. The molecule has 0 fully saturated rings. The van der Waals surface area contributed by atoms with Crippen LogP contribution >= 0.6 is 0 Å².